The van der Waals surface area contributed by atoms with Crippen LogP contribution in [0.2, 0.25) is 0 Å². The topological polar surface area (TPSA) is 123 Å². The molecule has 3 rings (SSSR count). The van der Waals surface area contributed by atoms with Gasteiger partial charge in [0, 0.05) is 29.9 Å². The van der Waals surface area contributed by atoms with Crippen LogP contribution in [0.25, 0.3) is 16.9 Å². The van der Waals surface area contributed by atoms with Crippen LogP contribution in [0.4, 0.5) is 5.69 Å². The summed E-state index contributed by atoms with van der Waals surface area (Å²) >= 11 is 0. The minimum atomic E-state index is -0.565. The predicted octanol–water partition coefficient (Wildman–Crippen LogP) is 3.35. The van der Waals surface area contributed by atoms with Crippen LogP contribution in [-0.2, 0) is 14.3 Å². The average molecular weight is 407 g/mol. The molecule has 0 bridgehead atoms. The number of hydrogen-bond acceptors (Lipinski definition) is 5. The molecule has 0 spiro atoms. The lowest BCUT2D eigenvalue weighted by atomic mass is 10.1. The summed E-state index contributed by atoms with van der Waals surface area (Å²) in [6.07, 6.45) is 3.69. The number of ether oxygens (including phenoxy) is 1. The number of aromatic nitrogens is 2. The van der Waals surface area contributed by atoms with Gasteiger partial charge < -0.3 is 20.2 Å². The second-order valence-electron chi connectivity index (χ2n) is 7.94. The molecular formula is C22H25N5O3. The van der Waals surface area contributed by atoms with Crippen LogP contribution in [0.5, 0.6) is 0 Å². The number of benzene rings is 1. The van der Waals surface area contributed by atoms with E-state index in [2.05, 4.69) is 10.3 Å². The second-order valence-corrected chi connectivity index (χ2v) is 7.94. The van der Waals surface area contributed by atoms with Crippen LogP contribution in [0.1, 0.15) is 39.2 Å². The molecule has 4 N–H and O–H groups in total. The normalized spacial score (nSPS) is 11.3. The summed E-state index contributed by atoms with van der Waals surface area (Å²) in [6, 6.07) is 10.8. The van der Waals surface area contributed by atoms with Crippen molar-refractivity contribution in [3.8, 4) is 11.3 Å². The quantitative estimate of drug-likeness (QED) is 0.328. The highest BCUT2D eigenvalue weighted by molar-refractivity contribution is 5.95. The third-order valence-corrected chi connectivity index (χ3v) is 4.20. The SMILES string of the molecule is CC(C)(C)OC(=O)CCC(=O)Nc1ccc2nc(-c3ccc(C(=N)N)cc3)cn2c1. The highest BCUT2D eigenvalue weighted by Gasteiger charge is 2.17. The molecule has 0 saturated carbocycles. The number of hydrogen-bond donors (Lipinski definition) is 3. The Morgan fingerprint density at radius 3 is 2.43 bits per heavy atom. The van der Waals surface area contributed by atoms with Crippen molar-refractivity contribution < 1.29 is 14.3 Å². The molecule has 1 amide bonds. The van der Waals surface area contributed by atoms with E-state index in [1.807, 2.05) is 22.7 Å². The fourth-order valence-electron chi connectivity index (χ4n) is 2.86. The number of carbonyl (C=O) groups is 2. The zero-order valence-corrected chi connectivity index (χ0v) is 17.2. The van der Waals surface area contributed by atoms with Gasteiger partial charge in [-0.15, -0.1) is 0 Å². The van der Waals surface area contributed by atoms with Gasteiger partial charge >= 0.3 is 5.97 Å². The number of nitrogens with two attached hydrogens (primary N) is 1. The van der Waals surface area contributed by atoms with Crippen molar-refractivity contribution in [2.75, 3.05) is 5.32 Å². The summed E-state index contributed by atoms with van der Waals surface area (Å²) < 4.78 is 7.03. The molecule has 2 aromatic heterocycles. The molecule has 0 aliphatic rings. The molecule has 0 aliphatic heterocycles. The van der Waals surface area contributed by atoms with Gasteiger partial charge in [-0.3, -0.25) is 15.0 Å². The van der Waals surface area contributed by atoms with Gasteiger partial charge in [0.15, 0.2) is 0 Å². The molecule has 0 saturated heterocycles. The van der Waals surface area contributed by atoms with Gasteiger partial charge in [0.1, 0.15) is 17.1 Å². The molecule has 0 atom stereocenters. The van der Waals surface area contributed by atoms with Crippen LogP contribution in [0.3, 0.4) is 0 Å². The van der Waals surface area contributed by atoms with Crippen molar-refractivity contribution in [1.82, 2.24) is 9.38 Å². The maximum Gasteiger partial charge on any atom is 0.306 e. The van der Waals surface area contributed by atoms with Crippen LogP contribution < -0.4 is 11.1 Å². The first-order chi connectivity index (χ1) is 14.1. The molecule has 0 fully saturated rings. The van der Waals surface area contributed by atoms with Crippen LogP contribution in [-0.4, -0.2) is 32.7 Å². The Kier molecular flexibility index (Phi) is 5.86. The molecule has 0 aliphatic carbocycles. The third kappa shape index (κ3) is 5.44. The maximum atomic E-state index is 12.2. The number of nitrogen functional groups attached to an aromatic ring is 1. The van der Waals surface area contributed by atoms with Crippen molar-refractivity contribution in [1.29, 1.82) is 5.41 Å². The van der Waals surface area contributed by atoms with Gasteiger partial charge in [-0.05, 0) is 32.9 Å². The largest absolute Gasteiger partial charge is 0.460 e. The Morgan fingerprint density at radius 2 is 1.80 bits per heavy atom. The average Bonchev–Trinajstić information content (AvgIpc) is 3.08. The minimum Gasteiger partial charge on any atom is -0.460 e. The Bertz CT molecular complexity index is 1090. The van der Waals surface area contributed by atoms with Gasteiger partial charge in [0.05, 0.1) is 17.8 Å². The van der Waals surface area contributed by atoms with E-state index in [1.165, 1.54) is 0 Å². The van der Waals surface area contributed by atoms with E-state index < -0.39 is 11.6 Å². The second kappa shape index (κ2) is 8.36. The first-order valence-corrected chi connectivity index (χ1v) is 9.56. The standard InChI is InChI=1S/C22H25N5O3/c1-22(2,3)30-20(29)11-10-19(28)25-16-8-9-18-26-17(13-27(18)12-16)14-4-6-15(7-5-14)21(23)24/h4-9,12-13H,10-11H2,1-3H3,(H3,23,24)(H,25,28). The fourth-order valence-corrected chi connectivity index (χ4v) is 2.86. The lowest BCUT2D eigenvalue weighted by molar-refractivity contribution is -0.155. The van der Waals surface area contributed by atoms with Crippen LogP contribution in [0.15, 0.2) is 48.8 Å². The molecule has 156 valence electrons. The maximum absolute atomic E-state index is 12.2. The molecule has 1 aromatic carbocycles. The molecule has 0 unspecified atom stereocenters. The van der Waals surface area contributed by atoms with Crippen molar-refractivity contribution in [3.05, 3.63) is 54.4 Å². The van der Waals surface area contributed by atoms with E-state index in [-0.39, 0.29) is 24.6 Å². The lowest BCUT2D eigenvalue weighted by Crippen LogP contribution is -2.24. The zero-order chi connectivity index (χ0) is 21.9. The summed E-state index contributed by atoms with van der Waals surface area (Å²) in [4.78, 5) is 28.5. The van der Waals surface area contributed by atoms with Gasteiger partial charge in [-0.1, -0.05) is 24.3 Å². The van der Waals surface area contributed by atoms with Gasteiger partial charge in [0.2, 0.25) is 5.91 Å². The van der Waals surface area contributed by atoms with Gasteiger partial charge in [0.25, 0.3) is 0 Å². The predicted molar refractivity (Wildman–Crippen MR) is 115 cm³/mol. The Hall–Kier alpha value is -3.68. The Morgan fingerprint density at radius 1 is 1.10 bits per heavy atom. The number of amidine groups is 1. The summed E-state index contributed by atoms with van der Waals surface area (Å²) in [5.41, 5.74) is 8.57. The number of rotatable bonds is 6. The molecule has 8 nitrogen and oxygen atoms in total. The Labute approximate surface area is 174 Å². The molecule has 3 aromatic rings. The fraction of sp³-hybridized carbons (Fsp3) is 0.273. The van der Waals surface area contributed by atoms with Crippen molar-refractivity contribution in [2.24, 2.45) is 5.73 Å². The van der Waals surface area contributed by atoms with E-state index in [0.717, 1.165) is 16.9 Å². The Balaban J connectivity index is 1.66. The molecular weight excluding hydrogens is 382 g/mol. The summed E-state index contributed by atoms with van der Waals surface area (Å²) in [6.45, 7) is 5.37. The highest BCUT2D eigenvalue weighted by atomic mass is 16.6. The number of pyridine rings is 1. The van der Waals surface area contributed by atoms with E-state index >= 15 is 0 Å². The summed E-state index contributed by atoms with van der Waals surface area (Å²) in [7, 11) is 0. The number of nitrogens with zero attached hydrogens (tertiary/aromatic N) is 2. The van der Waals surface area contributed by atoms with E-state index in [9.17, 15) is 9.59 Å². The van der Waals surface area contributed by atoms with Gasteiger partial charge in [-0.2, -0.15) is 0 Å². The number of nitrogens with one attached hydrogen (secondary N) is 2. The summed E-state index contributed by atoms with van der Waals surface area (Å²) in [5, 5.41) is 10.3. The monoisotopic (exact) mass is 407 g/mol. The van der Waals surface area contributed by atoms with E-state index in [4.69, 9.17) is 15.9 Å². The first kappa shape index (κ1) is 21.0. The molecule has 30 heavy (non-hydrogen) atoms. The zero-order valence-electron chi connectivity index (χ0n) is 17.2. The third-order valence-electron chi connectivity index (χ3n) is 4.20. The highest BCUT2D eigenvalue weighted by Crippen LogP contribution is 2.21. The molecule has 2 heterocycles. The van der Waals surface area contributed by atoms with E-state index in [0.29, 0.717) is 11.3 Å². The minimum absolute atomic E-state index is 0.0172. The lowest BCUT2D eigenvalue weighted by Gasteiger charge is -2.19. The molecule has 0 radical (unpaired) electrons. The number of anilines is 1. The van der Waals surface area contributed by atoms with Gasteiger partial charge in [-0.25, -0.2) is 4.98 Å². The molecule has 8 heteroatoms. The first-order valence-electron chi connectivity index (χ1n) is 9.56. The van der Waals surface area contributed by atoms with Crippen LogP contribution >= 0.6 is 0 Å². The number of amides is 1. The number of fused-ring (bicyclic) bond motifs is 1. The van der Waals surface area contributed by atoms with Crippen molar-refractivity contribution >= 4 is 29.0 Å². The van der Waals surface area contributed by atoms with Crippen molar-refractivity contribution in [3.63, 3.8) is 0 Å². The number of imidazole rings is 1. The smallest absolute Gasteiger partial charge is 0.306 e. The van der Waals surface area contributed by atoms with E-state index in [1.54, 1.807) is 51.2 Å². The number of carbonyl (C=O) groups excluding carboxylic acids is 2. The van der Waals surface area contributed by atoms with Crippen LogP contribution in [0, 0.1) is 5.41 Å². The van der Waals surface area contributed by atoms with Crippen molar-refractivity contribution in [2.45, 2.75) is 39.2 Å². The summed E-state index contributed by atoms with van der Waals surface area (Å²) in [5.74, 6) is -0.646. The number of esters is 1.